The highest BCUT2D eigenvalue weighted by Gasteiger charge is 2.36. The molecule has 0 rings (SSSR count). The van der Waals surface area contributed by atoms with Crippen LogP contribution in [0.1, 0.15) is 13.3 Å². The van der Waals surface area contributed by atoms with Crippen LogP contribution in [0.25, 0.3) is 0 Å². The van der Waals surface area contributed by atoms with Crippen LogP contribution in [0.15, 0.2) is 0 Å². The van der Waals surface area contributed by atoms with Crippen molar-refractivity contribution in [3.63, 3.8) is 0 Å². The van der Waals surface area contributed by atoms with Gasteiger partial charge in [0.15, 0.2) is 0 Å². The Kier molecular flexibility index (Phi) is 6.42. The molecular weight excluding hydrogens is 309 g/mol. The SMILES string of the molecule is CC(CC(CP(=O)(O)O)P(=O)(O)O)CP(=O)(O)O. The van der Waals surface area contributed by atoms with E-state index in [1.807, 2.05) is 0 Å². The van der Waals surface area contributed by atoms with Crippen LogP contribution in [-0.2, 0) is 13.7 Å². The van der Waals surface area contributed by atoms with E-state index in [2.05, 4.69) is 0 Å². The minimum atomic E-state index is -4.74. The van der Waals surface area contributed by atoms with Gasteiger partial charge in [0, 0.05) is 0 Å². The van der Waals surface area contributed by atoms with Crippen molar-refractivity contribution in [3.05, 3.63) is 0 Å². The summed E-state index contributed by atoms with van der Waals surface area (Å²) >= 11 is 0. The first-order valence-corrected chi connectivity index (χ1v) is 10.1. The van der Waals surface area contributed by atoms with Gasteiger partial charge in [0.05, 0.1) is 18.0 Å². The standard InChI is InChI=1S/C6H17O9P3/c1-5(3-16(7,8)9)2-6(18(13,14)15)4-17(10,11)12/h5-6H,2-4H2,1H3,(H2,7,8,9)(H2,10,11,12)(H2,13,14,15). The monoisotopic (exact) mass is 326 g/mol. The Bertz CT molecular complexity index is 403. The summed E-state index contributed by atoms with van der Waals surface area (Å²) in [6, 6.07) is 0. The molecule has 0 amide bonds. The first-order chi connectivity index (χ1) is 7.71. The maximum Gasteiger partial charge on any atom is 0.329 e. The molecule has 0 aliphatic rings. The highest BCUT2D eigenvalue weighted by molar-refractivity contribution is 7.56. The summed E-state index contributed by atoms with van der Waals surface area (Å²) in [7, 11) is -13.7. The molecule has 0 aliphatic carbocycles. The molecule has 6 N–H and O–H groups in total. The van der Waals surface area contributed by atoms with Crippen LogP contribution in [0, 0.1) is 5.92 Å². The van der Waals surface area contributed by atoms with E-state index in [-0.39, 0.29) is 6.42 Å². The zero-order valence-corrected chi connectivity index (χ0v) is 12.2. The summed E-state index contributed by atoms with van der Waals surface area (Å²) < 4.78 is 32.5. The fourth-order valence-electron chi connectivity index (χ4n) is 1.54. The highest BCUT2D eigenvalue weighted by Crippen LogP contribution is 2.52. The smallest absolute Gasteiger partial charge is 0.324 e. The molecule has 12 heteroatoms. The lowest BCUT2D eigenvalue weighted by Gasteiger charge is -2.22. The summed E-state index contributed by atoms with van der Waals surface area (Å²) in [6.07, 6.45) is -1.98. The van der Waals surface area contributed by atoms with E-state index in [4.69, 9.17) is 29.4 Å². The van der Waals surface area contributed by atoms with Crippen molar-refractivity contribution >= 4 is 22.8 Å². The topological polar surface area (TPSA) is 173 Å². The zero-order chi connectivity index (χ0) is 14.8. The third-order valence-corrected chi connectivity index (χ3v) is 5.80. The van der Waals surface area contributed by atoms with Gasteiger partial charge in [-0.3, -0.25) is 13.7 Å². The Hall–Kier alpha value is 0.450. The van der Waals surface area contributed by atoms with Gasteiger partial charge in [-0.1, -0.05) is 6.92 Å². The molecule has 9 nitrogen and oxygen atoms in total. The Balaban J connectivity index is 4.77. The van der Waals surface area contributed by atoms with Crippen molar-refractivity contribution < 1.29 is 43.1 Å². The molecule has 0 aromatic heterocycles. The quantitative estimate of drug-likeness (QED) is 0.350. The van der Waals surface area contributed by atoms with Crippen molar-refractivity contribution in [2.45, 2.75) is 19.0 Å². The average Bonchev–Trinajstić information content (AvgIpc) is 1.93. The lowest BCUT2D eigenvalue weighted by molar-refractivity contribution is 0.331. The summed E-state index contributed by atoms with van der Waals surface area (Å²) in [5.74, 6) is -0.769. The molecule has 0 saturated carbocycles. The molecule has 0 aromatic rings. The van der Waals surface area contributed by atoms with Crippen LogP contribution in [0.3, 0.4) is 0 Å². The van der Waals surface area contributed by atoms with Crippen molar-refractivity contribution in [2.24, 2.45) is 5.92 Å². The van der Waals surface area contributed by atoms with Gasteiger partial charge in [-0.05, 0) is 12.3 Å². The second kappa shape index (κ2) is 6.27. The van der Waals surface area contributed by atoms with Crippen molar-refractivity contribution in [1.82, 2.24) is 0 Å². The predicted octanol–water partition coefficient (Wildman–Crippen LogP) is -0.0857. The first kappa shape index (κ1) is 18.4. The second-order valence-electron chi connectivity index (χ2n) is 4.28. The van der Waals surface area contributed by atoms with Crippen LogP contribution in [0.4, 0.5) is 0 Å². The molecule has 0 saturated heterocycles. The van der Waals surface area contributed by atoms with Gasteiger partial charge in [-0.2, -0.15) is 0 Å². The summed E-state index contributed by atoms with van der Waals surface area (Å²) in [5.41, 5.74) is -1.61. The number of rotatable bonds is 7. The molecule has 0 heterocycles. The number of hydrogen-bond acceptors (Lipinski definition) is 3. The van der Waals surface area contributed by atoms with Gasteiger partial charge in [0.1, 0.15) is 0 Å². The Morgan fingerprint density at radius 3 is 1.50 bits per heavy atom. The van der Waals surface area contributed by atoms with Crippen LogP contribution >= 0.6 is 22.8 Å². The summed E-state index contributed by atoms with van der Waals surface area (Å²) in [4.78, 5) is 52.7. The van der Waals surface area contributed by atoms with E-state index in [1.165, 1.54) is 6.92 Å². The molecule has 0 aliphatic heterocycles. The molecule has 0 fully saturated rings. The lowest BCUT2D eigenvalue weighted by atomic mass is 10.1. The molecule has 2 atom stereocenters. The Labute approximate surface area is 104 Å². The lowest BCUT2D eigenvalue weighted by Crippen LogP contribution is -2.19. The Morgan fingerprint density at radius 2 is 1.22 bits per heavy atom. The molecule has 0 aromatic carbocycles. The van der Waals surface area contributed by atoms with Crippen LogP contribution in [-0.4, -0.2) is 47.3 Å². The maximum atomic E-state index is 11.1. The average molecular weight is 326 g/mol. The van der Waals surface area contributed by atoms with E-state index < -0.39 is 46.7 Å². The Morgan fingerprint density at radius 1 is 0.833 bits per heavy atom. The minimum Gasteiger partial charge on any atom is -0.324 e. The molecule has 0 radical (unpaired) electrons. The normalized spacial score (nSPS) is 17.5. The molecule has 2 unspecified atom stereocenters. The first-order valence-electron chi connectivity index (χ1n) is 4.85. The van der Waals surface area contributed by atoms with Crippen LogP contribution in [0.2, 0.25) is 0 Å². The van der Waals surface area contributed by atoms with Crippen LogP contribution in [0.5, 0.6) is 0 Å². The highest BCUT2D eigenvalue weighted by atomic mass is 31.2. The molecular formula is C6H17O9P3. The third-order valence-electron chi connectivity index (χ3n) is 2.15. The van der Waals surface area contributed by atoms with Crippen molar-refractivity contribution in [2.75, 3.05) is 12.3 Å². The van der Waals surface area contributed by atoms with Gasteiger partial charge in [0.25, 0.3) is 0 Å². The molecule has 110 valence electrons. The van der Waals surface area contributed by atoms with E-state index in [1.54, 1.807) is 0 Å². The third kappa shape index (κ3) is 9.39. The minimum absolute atomic E-state index is 0.375. The van der Waals surface area contributed by atoms with E-state index >= 15 is 0 Å². The van der Waals surface area contributed by atoms with Gasteiger partial charge in [-0.25, -0.2) is 0 Å². The number of hydrogen-bond donors (Lipinski definition) is 6. The van der Waals surface area contributed by atoms with E-state index in [9.17, 15) is 13.7 Å². The van der Waals surface area contributed by atoms with Gasteiger partial charge in [-0.15, -0.1) is 0 Å². The van der Waals surface area contributed by atoms with E-state index in [0.717, 1.165) is 0 Å². The largest absolute Gasteiger partial charge is 0.329 e. The van der Waals surface area contributed by atoms with E-state index in [0.29, 0.717) is 0 Å². The zero-order valence-electron chi connectivity index (χ0n) is 9.53. The fourth-order valence-corrected chi connectivity index (χ4v) is 5.32. The van der Waals surface area contributed by atoms with Crippen LogP contribution < -0.4 is 0 Å². The fraction of sp³-hybridized carbons (Fsp3) is 1.00. The summed E-state index contributed by atoms with van der Waals surface area (Å²) in [6.45, 7) is 1.35. The second-order valence-corrected chi connectivity index (χ2v) is 9.58. The molecule has 0 spiro atoms. The summed E-state index contributed by atoms with van der Waals surface area (Å²) in [5, 5.41) is 0. The van der Waals surface area contributed by atoms with Gasteiger partial charge < -0.3 is 29.4 Å². The maximum absolute atomic E-state index is 11.1. The molecule has 0 bridgehead atoms. The van der Waals surface area contributed by atoms with Crippen molar-refractivity contribution in [3.8, 4) is 0 Å². The van der Waals surface area contributed by atoms with Gasteiger partial charge in [0.2, 0.25) is 0 Å². The van der Waals surface area contributed by atoms with Crippen molar-refractivity contribution in [1.29, 1.82) is 0 Å². The molecule has 18 heavy (non-hydrogen) atoms. The van der Waals surface area contributed by atoms with Gasteiger partial charge >= 0.3 is 22.8 Å². The predicted molar refractivity (Wildman–Crippen MR) is 63.4 cm³/mol.